The molecule has 1 aliphatic rings. The third-order valence-corrected chi connectivity index (χ3v) is 7.65. The van der Waals surface area contributed by atoms with Crippen molar-refractivity contribution in [2.45, 2.75) is 103 Å². The zero-order valence-electron chi connectivity index (χ0n) is 21.8. The van der Waals surface area contributed by atoms with E-state index in [-0.39, 0.29) is 0 Å². The minimum absolute atomic E-state index is 0.390. The molecule has 3 rings (SSSR count). The quantitative estimate of drug-likeness (QED) is 0.274. The van der Waals surface area contributed by atoms with Gasteiger partial charge < -0.3 is 4.74 Å². The van der Waals surface area contributed by atoms with Crippen molar-refractivity contribution in [1.29, 1.82) is 10.5 Å². The van der Waals surface area contributed by atoms with Gasteiger partial charge in [-0.3, -0.25) is 0 Å². The van der Waals surface area contributed by atoms with Crippen molar-refractivity contribution in [3.8, 4) is 29.0 Å². The minimum atomic E-state index is 0.390. The summed E-state index contributed by atoms with van der Waals surface area (Å²) in [6, 6.07) is 16.9. The number of nitrogens with zero attached hydrogens (tertiary/aromatic N) is 2. The van der Waals surface area contributed by atoms with Gasteiger partial charge in [-0.2, -0.15) is 10.5 Å². The van der Waals surface area contributed by atoms with Gasteiger partial charge in [0, 0.05) is 5.56 Å². The van der Waals surface area contributed by atoms with Crippen LogP contribution in [0.2, 0.25) is 0 Å². The van der Waals surface area contributed by atoms with Crippen molar-refractivity contribution in [1.82, 2.24) is 0 Å². The maximum atomic E-state index is 10.0. The van der Waals surface area contributed by atoms with Gasteiger partial charge >= 0.3 is 0 Å². The lowest BCUT2D eigenvalue weighted by molar-refractivity contribution is 0.302. The van der Waals surface area contributed by atoms with Crippen LogP contribution < -0.4 is 4.74 Å². The summed E-state index contributed by atoms with van der Waals surface area (Å²) in [5, 5.41) is 20.0. The maximum absolute atomic E-state index is 10.0. The van der Waals surface area contributed by atoms with Crippen LogP contribution in [0.4, 0.5) is 0 Å². The zero-order chi connectivity index (χ0) is 24.9. The minimum Gasteiger partial charge on any atom is -0.494 e. The molecule has 1 aliphatic carbocycles. The van der Waals surface area contributed by atoms with E-state index in [1.54, 1.807) is 0 Å². The Kier molecular flexibility index (Phi) is 11.2. The highest BCUT2D eigenvalue weighted by Gasteiger charge is 2.26. The van der Waals surface area contributed by atoms with E-state index in [4.69, 9.17) is 4.74 Å². The van der Waals surface area contributed by atoms with E-state index >= 15 is 0 Å². The Bertz CT molecular complexity index is 988. The first-order valence-electron chi connectivity index (χ1n) is 13.9. The molecule has 1 fully saturated rings. The van der Waals surface area contributed by atoms with Crippen LogP contribution in [0.15, 0.2) is 36.4 Å². The molecular formula is C32H42N2O. The lowest BCUT2D eigenvalue weighted by Gasteiger charge is -2.29. The Morgan fingerprint density at radius 3 is 2.03 bits per heavy atom. The van der Waals surface area contributed by atoms with E-state index in [1.165, 1.54) is 64.2 Å². The van der Waals surface area contributed by atoms with Crippen molar-refractivity contribution < 1.29 is 4.74 Å². The summed E-state index contributed by atoms with van der Waals surface area (Å²) >= 11 is 0. The molecule has 1 saturated carbocycles. The highest BCUT2D eigenvalue weighted by atomic mass is 16.5. The number of unbranched alkanes of at least 4 members (excludes halogenated alkanes) is 6. The monoisotopic (exact) mass is 470 g/mol. The Morgan fingerprint density at radius 1 is 0.743 bits per heavy atom. The normalized spacial score (nSPS) is 17.5. The average Bonchev–Trinajstić information content (AvgIpc) is 2.91. The Morgan fingerprint density at radius 2 is 1.40 bits per heavy atom. The number of benzene rings is 2. The first-order valence-corrected chi connectivity index (χ1v) is 13.9. The molecule has 0 heterocycles. The van der Waals surface area contributed by atoms with Gasteiger partial charge in [0.15, 0.2) is 0 Å². The van der Waals surface area contributed by atoms with Gasteiger partial charge in [-0.15, -0.1) is 0 Å². The van der Waals surface area contributed by atoms with Crippen molar-refractivity contribution in [2.75, 3.05) is 6.61 Å². The molecule has 186 valence electrons. The molecule has 3 nitrogen and oxygen atoms in total. The number of hydrogen-bond acceptors (Lipinski definition) is 3. The molecule has 0 bridgehead atoms. The molecule has 2 aromatic carbocycles. The topological polar surface area (TPSA) is 56.8 Å². The van der Waals surface area contributed by atoms with Crippen LogP contribution in [0.3, 0.4) is 0 Å². The second kappa shape index (κ2) is 14.6. The lowest BCUT2D eigenvalue weighted by Crippen LogP contribution is -2.15. The Balaban J connectivity index is 1.67. The molecule has 0 N–H and O–H groups in total. The second-order valence-electron chi connectivity index (χ2n) is 10.2. The Labute approximate surface area is 213 Å². The summed E-state index contributed by atoms with van der Waals surface area (Å²) in [7, 11) is 0. The molecule has 2 aromatic rings. The lowest BCUT2D eigenvalue weighted by atomic mass is 9.75. The van der Waals surface area contributed by atoms with Gasteiger partial charge in [0.05, 0.1) is 17.7 Å². The highest BCUT2D eigenvalue weighted by Crippen LogP contribution is 2.41. The van der Waals surface area contributed by atoms with Gasteiger partial charge in [0.1, 0.15) is 17.9 Å². The first-order chi connectivity index (χ1) is 17.2. The number of nitriles is 2. The van der Waals surface area contributed by atoms with Crippen LogP contribution in [0.25, 0.3) is 11.1 Å². The predicted octanol–water partition coefficient (Wildman–Crippen LogP) is 9.30. The summed E-state index contributed by atoms with van der Waals surface area (Å²) in [6.07, 6.45) is 16.2. The summed E-state index contributed by atoms with van der Waals surface area (Å²) in [4.78, 5) is 0. The molecule has 0 radical (unpaired) electrons. The molecular weight excluding hydrogens is 428 g/mol. The Hall–Kier alpha value is -2.78. The van der Waals surface area contributed by atoms with Crippen LogP contribution in [0.5, 0.6) is 5.75 Å². The second-order valence-corrected chi connectivity index (χ2v) is 10.2. The fraction of sp³-hybridized carbons (Fsp3) is 0.562. The number of ether oxygens (including phenoxy) is 1. The van der Waals surface area contributed by atoms with Gasteiger partial charge in [-0.1, -0.05) is 89.5 Å². The van der Waals surface area contributed by atoms with Crippen molar-refractivity contribution in [3.63, 3.8) is 0 Å². The molecule has 0 aliphatic heterocycles. The highest BCUT2D eigenvalue weighted by molar-refractivity contribution is 5.75. The van der Waals surface area contributed by atoms with E-state index in [0.717, 1.165) is 54.2 Å². The summed E-state index contributed by atoms with van der Waals surface area (Å²) in [5.41, 5.74) is 3.96. The fourth-order valence-electron chi connectivity index (χ4n) is 5.51. The largest absolute Gasteiger partial charge is 0.494 e. The molecule has 0 spiro atoms. The van der Waals surface area contributed by atoms with E-state index in [0.29, 0.717) is 17.0 Å². The fourth-order valence-corrected chi connectivity index (χ4v) is 5.51. The standard InChI is InChI=1S/C32H42N2O/c1-3-5-7-9-11-25-12-14-26(15-13-25)29-20-21-30(32(24-34)31(29)23-33)27-16-18-28(19-17-27)35-22-10-8-6-4-2/h16-21,25-26H,3-15,22H2,1-2H3/t25-,26-. The smallest absolute Gasteiger partial charge is 0.119 e. The van der Waals surface area contributed by atoms with E-state index in [1.807, 2.05) is 30.3 Å². The van der Waals surface area contributed by atoms with Crippen LogP contribution in [-0.2, 0) is 0 Å². The molecule has 0 aromatic heterocycles. The van der Waals surface area contributed by atoms with Gasteiger partial charge in [0.25, 0.3) is 0 Å². The van der Waals surface area contributed by atoms with Gasteiger partial charge in [-0.25, -0.2) is 0 Å². The van der Waals surface area contributed by atoms with Crippen LogP contribution in [0.1, 0.15) is 120 Å². The molecule has 3 heteroatoms. The number of hydrogen-bond donors (Lipinski definition) is 0. The third-order valence-electron chi connectivity index (χ3n) is 7.65. The van der Waals surface area contributed by atoms with Crippen molar-refractivity contribution in [3.05, 3.63) is 53.1 Å². The molecule has 0 unspecified atom stereocenters. The van der Waals surface area contributed by atoms with E-state index in [2.05, 4.69) is 32.1 Å². The summed E-state index contributed by atoms with van der Waals surface area (Å²) in [5.74, 6) is 2.07. The third kappa shape index (κ3) is 7.60. The van der Waals surface area contributed by atoms with Crippen LogP contribution in [0, 0.1) is 28.6 Å². The average molecular weight is 471 g/mol. The van der Waals surface area contributed by atoms with Crippen molar-refractivity contribution in [2.24, 2.45) is 5.92 Å². The molecule has 35 heavy (non-hydrogen) atoms. The molecule has 0 saturated heterocycles. The van der Waals surface area contributed by atoms with E-state index < -0.39 is 0 Å². The summed E-state index contributed by atoms with van der Waals surface area (Å²) < 4.78 is 5.87. The van der Waals surface area contributed by atoms with Gasteiger partial charge in [-0.05, 0) is 67.2 Å². The molecule has 0 amide bonds. The van der Waals surface area contributed by atoms with E-state index in [9.17, 15) is 10.5 Å². The first kappa shape index (κ1) is 26.8. The zero-order valence-corrected chi connectivity index (χ0v) is 21.8. The molecule has 0 atom stereocenters. The maximum Gasteiger partial charge on any atom is 0.119 e. The van der Waals surface area contributed by atoms with Crippen LogP contribution >= 0.6 is 0 Å². The summed E-state index contributed by atoms with van der Waals surface area (Å²) in [6.45, 7) is 5.20. The van der Waals surface area contributed by atoms with Crippen LogP contribution in [-0.4, -0.2) is 6.61 Å². The van der Waals surface area contributed by atoms with Gasteiger partial charge in [0.2, 0.25) is 0 Å². The van der Waals surface area contributed by atoms with Crippen molar-refractivity contribution >= 4 is 0 Å². The predicted molar refractivity (Wildman–Crippen MR) is 144 cm³/mol. The SMILES string of the molecule is CCCCCCOc1ccc(-c2ccc([C@H]3CC[C@H](CCCCCC)CC3)c(C#N)c2C#N)cc1. The number of rotatable bonds is 13.